The summed E-state index contributed by atoms with van der Waals surface area (Å²) in [5.74, 6) is 0.716. The first-order valence-electron chi connectivity index (χ1n) is 19.4. The number of para-hydroxylation sites is 3. The number of furan rings is 1. The molecule has 0 atom stereocenters. The van der Waals surface area contributed by atoms with Gasteiger partial charge in [-0.25, -0.2) is 0 Å². The van der Waals surface area contributed by atoms with Crippen LogP contribution in [0.1, 0.15) is 0 Å². The molecule has 0 saturated carbocycles. The maximum atomic E-state index is 6.66. The molecule has 0 radical (unpaired) electrons. The summed E-state index contributed by atoms with van der Waals surface area (Å²) in [6, 6.07) is 72.0. The topological polar surface area (TPSA) is 43.9 Å². The molecule has 12 rings (SSSR count). The molecule has 0 amide bonds. The van der Waals surface area contributed by atoms with E-state index in [-0.39, 0.29) is 0 Å². The Morgan fingerprint density at radius 1 is 0.456 bits per heavy atom. The quantitative estimate of drug-likeness (QED) is 0.163. The van der Waals surface area contributed by atoms with Gasteiger partial charge >= 0.3 is 321 Å². The Balaban J connectivity index is 1.20. The molecule has 0 bridgehead atoms. The minimum atomic E-state index is -3.73. The molecule has 0 aliphatic carbocycles. The van der Waals surface area contributed by atoms with Crippen LogP contribution in [-0.2, 0) is 0 Å². The first-order valence-corrected chi connectivity index (χ1v) is 23.6. The standard InChI is InChI=1S/C52H33GeN3O/c1-4-18-34(19-5-1)49-48-39-25-10-14-28-42(39)53(35-20-6-2-7-21-35,36-22-8-3-9-23-36)51(48)55-52(54-49)41-27-12-16-30-44(41)56-43-29-15-11-26-40(43)47-45(56)33-32-38-37-24-13-17-31-46(37)57-50(38)47/h1-33H. The van der Waals surface area contributed by atoms with Crippen LogP contribution in [0.25, 0.3) is 83.2 Å². The van der Waals surface area contributed by atoms with E-state index in [4.69, 9.17) is 14.4 Å². The zero-order valence-corrected chi connectivity index (χ0v) is 32.9. The Hall–Kier alpha value is -7.02. The van der Waals surface area contributed by atoms with Gasteiger partial charge in [0.15, 0.2) is 0 Å². The van der Waals surface area contributed by atoms with E-state index in [1.54, 1.807) is 0 Å². The predicted octanol–water partition coefficient (Wildman–Crippen LogP) is 10.2. The van der Waals surface area contributed by atoms with Gasteiger partial charge < -0.3 is 0 Å². The van der Waals surface area contributed by atoms with Gasteiger partial charge in [0.05, 0.1) is 0 Å². The summed E-state index contributed by atoms with van der Waals surface area (Å²) >= 11 is -3.73. The molecular formula is C52H33GeN3O. The third-order valence-corrected chi connectivity index (χ3v) is 21.8. The Morgan fingerprint density at radius 2 is 1.07 bits per heavy atom. The van der Waals surface area contributed by atoms with Gasteiger partial charge in [-0.2, -0.15) is 0 Å². The first-order chi connectivity index (χ1) is 28.3. The van der Waals surface area contributed by atoms with E-state index in [1.807, 2.05) is 6.07 Å². The second-order valence-corrected chi connectivity index (χ2v) is 22.5. The van der Waals surface area contributed by atoms with Crippen LogP contribution in [0.5, 0.6) is 0 Å². The third kappa shape index (κ3) is 4.56. The fourth-order valence-electron chi connectivity index (χ4n) is 9.55. The van der Waals surface area contributed by atoms with Gasteiger partial charge in [-0.3, -0.25) is 0 Å². The van der Waals surface area contributed by atoms with Gasteiger partial charge in [0.2, 0.25) is 0 Å². The Labute approximate surface area is 331 Å². The molecule has 0 unspecified atom stereocenters. The Morgan fingerprint density at radius 3 is 1.84 bits per heavy atom. The van der Waals surface area contributed by atoms with Crippen molar-refractivity contribution in [3.8, 4) is 39.5 Å². The van der Waals surface area contributed by atoms with E-state index in [0.29, 0.717) is 5.82 Å². The fraction of sp³-hybridized carbons (Fsp3) is 0. The predicted molar refractivity (Wildman–Crippen MR) is 237 cm³/mol. The second kappa shape index (κ2) is 12.5. The maximum absolute atomic E-state index is 6.66. The van der Waals surface area contributed by atoms with Crippen LogP contribution in [-0.4, -0.2) is 27.8 Å². The summed E-state index contributed by atoms with van der Waals surface area (Å²) in [5, 5.41) is 4.49. The van der Waals surface area contributed by atoms with Gasteiger partial charge in [0, 0.05) is 0 Å². The molecule has 8 aromatic carbocycles. The van der Waals surface area contributed by atoms with Crippen LogP contribution in [0.3, 0.4) is 0 Å². The van der Waals surface area contributed by atoms with Crippen molar-refractivity contribution in [1.82, 2.24) is 14.5 Å². The third-order valence-electron chi connectivity index (χ3n) is 11.9. The molecular weight excluding hydrogens is 755 g/mol. The van der Waals surface area contributed by atoms with Gasteiger partial charge in [0.1, 0.15) is 0 Å². The summed E-state index contributed by atoms with van der Waals surface area (Å²) < 4.78 is 14.3. The number of rotatable bonds is 5. The molecule has 3 aromatic heterocycles. The average Bonchev–Trinajstić information content (AvgIpc) is 3.93. The van der Waals surface area contributed by atoms with Gasteiger partial charge in [-0.1, -0.05) is 12.1 Å². The van der Waals surface area contributed by atoms with Gasteiger partial charge in [-0.05, 0) is 0 Å². The van der Waals surface area contributed by atoms with Crippen LogP contribution in [0, 0.1) is 0 Å². The van der Waals surface area contributed by atoms with Crippen molar-refractivity contribution in [2.75, 3.05) is 0 Å². The van der Waals surface area contributed by atoms with Crippen molar-refractivity contribution in [1.29, 1.82) is 0 Å². The molecule has 5 heteroatoms. The van der Waals surface area contributed by atoms with Crippen molar-refractivity contribution in [3.05, 3.63) is 200 Å². The van der Waals surface area contributed by atoms with Gasteiger partial charge in [0.25, 0.3) is 0 Å². The number of hydrogen-bond donors (Lipinski definition) is 0. The Bertz CT molecular complexity index is 3310. The monoisotopic (exact) mass is 789 g/mol. The summed E-state index contributed by atoms with van der Waals surface area (Å²) in [6.07, 6.45) is 0. The fourth-order valence-corrected chi connectivity index (χ4v) is 20.0. The van der Waals surface area contributed by atoms with Crippen molar-refractivity contribution in [2.24, 2.45) is 0 Å². The van der Waals surface area contributed by atoms with Crippen molar-refractivity contribution < 1.29 is 4.42 Å². The number of nitrogens with zero attached hydrogens (tertiary/aromatic N) is 3. The number of aromatic nitrogens is 3. The SMILES string of the molecule is c1ccc(-c2nc(-c3ccccc3-n3c4ccccc4c4c5oc6ccccc6c5ccc43)n[c]3c2-c2cccc[c]2[Ge]3([c]2ccccc2)[c]2ccccc2)cc1. The van der Waals surface area contributed by atoms with Crippen LogP contribution in [0.15, 0.2) is 205 Å². The molecule has 266 valence electrons. The summed E-state index contributed by atoms with van der Waals surface area (Å²) in [5.41, 5.74) is 10.4. The molecule has 4 heterocycles. The average molecular weight is 788 g/mol. The zero-order chi connectivity index (χ0) is 37.5. The number of hydrogen-bond acceptors (Lipinski definition) is 3. The molecule has 11 aromatic rings. The molecule has 0 N–H and O–H groups in total. The zero-order valence-electron chi connectivity index (χ0n) is 30.8. The summed E-state index contributed by atoms with van der Waals surface area (Å²) in [7, 11) is 0. The summed E-state index contributed by atoms with van der Waals surface area (Å²) in [6.45, 7) is 0. The van der Waals surface area contributed by atoms with E-state index < -0.39 is 13.3 Å². The molecule has 0 spiro atoms. The summed E-state index contributed by atoms with van der Waals surface area (Å²) in [4.78, 5) is 11.5. The molecule has 0 saturated heterocycles. The van der Waals surface area contributed by atoms with Crippen molar-refractivity contribution in [3.63, 3.8) is 0 Å². The van der Waals surface area contributed by atoms with E-state index in [0.717, 1.165) is 71.8 Å². The van der Waals surface area contributed by atoms with E-state index >= 15 is 0 Å². The number of fused-ring (bicyclic) bond motifs is 10. The second-order valence-electron chi connectivity index (χ2n) is 14.8. The molecule has 1 aliphatic heterocycles. The van der Waals surface area contributed by atoms with Gasteiger partial charge in [-0.15, -0.1) is 0 Å². The minimum absolute atomic E-state index is 0.716. The number of benzene rings is 8. The molecule has 1 aliphatic rings. The first kappa shape index (κ1) is 32.2. The molecule has 57 heavy (non-hydrogen) atoms. The van der Waals surface area contributed by atoms with Crippen LogP contribution in [0.2, 0.25) is 0 Å². The molecule has 0 fully saturated rings. The van der Waals surface area contributed by atoms with Crippen LogP contribution < -0.4 is 17.7 Å². The van der Waals surface area contributed by atoms with Crippen LogP contribution >= 0.6 is 0 Å². The van der Waals surface area contributed by atoms with Crippen molar-refractivity contribution >= 4 is 74.7 Å². The van der Waals surface area contributed by atoms with E-state index in [9.17, 15) is 0 Å². The molecule has 4 nitrogen and oxygen atoms in total. The van der Waals surface area contributed by atoms with Crippen LogP contribution in [0.4, 0.5) is 0 Å². The van der Waals surface area contributed by atoms with E-state index in [2.05, 4.69) is 199 Å². The van der Waals surface area contributed by atoms with E-state index in [1.165, 1.54) is 23.3 Å². The Kier molecular flexibility index (Phi) is 7.07. The van der Waals surface area contributed by atoms with Crippen molar-refractivity contribution in [2.45, 2.75) is 0 Å². The normalized spacial score (nSPS) is 13.1.